The number of rotatable bonds is 6. The predicted molar refractivity (Wildman–Crippen MR) is 115 cm³/mol. The van der Waals surface area contributed by atoms with Crippen LogP contribution in [0.15, 0.2) is 74.1 Å². The smallest absolute Gasteiger partial charge is 0.253 e. The van der Waals surface area contributed by atoms with E-state index in [2.05, 4.69) is 19.9 Å². The fourth-order valence-corrected chi connectivity index (χ4v) is 4.68. The number of hydrogen-bond acceptors (Lipinski definition) is 7. The van der Waals surface area contributed by atoms with Crippen molar-refractivity contribution >= 4 is 34.3 Å². The van der Waals surface area contributed by atoms with E-state index in [1.165, 1.54) is 16.8 Å². The van der Waals surface area contributed by atoms with Gasteiger partial charge >= 0.3 is 0 Å². The molecule has 156 valence electrons. The second-order valence-corrected chi connectivity index (χ2v) is 8.65. The van der Waals surface area contributed by atoms with Crippen molar-refractivity contribution in [3.05, 3.63) is 66.6 Å². The number of nitrogens with zero attached hydrogens (tertiary/aromatic N) is 5. The fourth-order valence-electron chi connectivity index (χ4n) is 3.85. The molecule has 0 radical (unpaired) electrons. The van der Waals surface area contributed by atoms with E-state index < -0.39 is 0 Å². The van der Waals surface area contributed by atoms with Gasteiger partial charge in [0.15, 0.2) is 10.9 Å². The number of hydrogen-bond donors (Lipinski definition) is 0. The molecule has 1 aromatic carbocycles. The largest absolute Gasteiger partial charge is 0.467 e. The normalized spacial score (nSPS) is 18.6. The van der Waals surface area contributed by atoms with Crippen molar-refractivity contribution < 1.29 is 13.6 Å². The molecule has 9 heteroatoms. The maximum atomic E-state index is 13.2. The summed E-state index contributed by atoms with van der Waals surface area (Å²) in [6.45, 7) is 0. The number of amides is 1. The summed E-state index contributed by atoms with van der Waals surface area (Å²) in [4.78, 5) is 13.2. The summed E-state index contributed by atoms with van der Waals surface area (Å²) < 4.78 is 13.7. The van der Waals surface area contributed by atoms with E-state index in [0.717, 1.165) is 34.7 Å². The van der Waals surface area contributed by atoms with E-state index >= 15 is 0 Å². The quantitative estimate of drug-likeness (QED) is 0.418. The molecule has 31 heavy (non-hydrogen) atoms. The topological polar surface area (TPSA) is 89.7 Å². The summed E-state index contributed by atoms with van der Waals surface area (Å²) in [7, 11) is 0. The Kier molecular flexibility index (Phi) is 4.41. The number of thioether (sulfide) groups is 1. The van der Waals surface area contributed by atoms with Crippen LogP contribution in [0, 0.1) is 0 Å². The molecule has 0 bridgehead atoms. The van der Waals surface area contributed by atoms with Crippen LogP contribution in [0.5, 0.6) is 0 Å². The number of hydrazone groups is 1. The molecule has 1 unspecified atom stereocenters. The van der Waals surface area contributed by atoms with Gasteiger partial charge in [-0.25, -0.2) is 5.01 Å². The number of fused-ring (bicyclic) bond motifs is 1. The van der Waals surface area contributed by atoms with Crippen LogP contribution in [0.3, 0.4) is 0 Å². The summed E-state index contributed by atoms with van der Waals surface area (Å²) in [6, 6.07) is 13.7. The highest BCUT2D eigenvalue weighted by atomic mass is 32.2. The van der Waals surface area contributed by atoms with Crippen LogP contribution in [-0.4, -0.2) is 37.1 Å². The number of benzene rings is 1. The minimum atomic E-state index is -0.299. The molecule has 0 N–H and O–H groups in total. The maximum absolute atomic E-state index is 13.2. The van der Waals surface area contributed by atoms with Gasteiger partial charge in [-0.2, -0.15) is 5.10 Å². The van der Waals surface area contributed by atoms with E-state index in [0.29, 0.717) is 24.0 Å². The van der Waals surface area contributed by atoms with Crippen molar-refractivity contribution in [2.75, 3.05) is 5.75 Å². The van der Waals surface area contributed by atoms with Gasteiger partial charge < -0.3 is 13.4 Å². The molecule has 0 saturated heterocycles. The summed E-state index contributed by atoms with van der Waals surface area (Å²) in [5.74, 6) is 1.49. The SMILES string of the molecule is O=C(CSc1nncn1C1CC1)N1N=C(c2cc3ccccc3o2)CC1c1ccco1. The van der Waals surface area contributed by atoms with Crippen molar-refractivity contribution in [1.82, 2.24) is 19.8 Å². The molecule has 1 atom stereocenters. The molecule has 3 aromatic heterocycles. The molecule has 1 saturated carbocycles. The van der Waals surface area contributed by atoms with E-state index in [1.54, 1.807) is 12.6 Å². The summed E-state index contributed by atoms with van der Waals surface area (Å²) in [5.41, 5.74) is 1.53. The molecule has 1 amide bonds. The van der Waals surface area contributed by atoms with Crippen LogP contribution in [-0.2, 0) is 4.79 Å². The first-order valence-electron chi connectivity index (χ1n) is 10.2. The fraction of sp³-hybridized carbons (Fsp3) is 0.273. The van der Waals surface area contributed by atoms with Crippen LogP contribution in [0.4, 0.5) is 0 Å². The molecule has 1 aliphatic carbocycles. The van der Waals surface area contributed by atoms with Gasteiger partial charge in [-0.15, -0.1) is 10.2 Å². The van der Waals surface area contributed by atoms with E-state index in [4.69, 9.17) is 8.83 Å². The van der Waals surface area contributed by atoms with Gasteiger partial charge in [0.25, 0.3) is 5.91 Å². The Hall–Kier alpha value is -3.33. The van der Waals surface area contributed by atoms with Gasteiger partial charge in [0.2, 0.25) is 0 Å². The van der Waals surface area contributed by atoms with Crippen molar-refractivity contribution in [1.29, 1.82) is 0 Å². The van der Waals surface area contributed by atoms with Crippen LogP contribution in [0.25, 0.3) is 11.0 Å². The zero-order chi connectivity index (χ0) is 20.8. The Morgan fingerprint density at radius 1 is 1.19 bits per heavy atom. The third-order valence-electron chi connectivity index (χ3n) is 5.55. The van der Waals surface area contributed by atoms with Crippen LogP contribution >= 0.6 is 11.8 Å². The summed E-state index contributed by atoms with van der Waals surface area (Å²) in [5, 5.41) is 16.1. The first-order valence-corrected chi connectivity index (χ1v) is 11.2. The molecule has 4 aromatic rings. The summed E-state index contributed by atoms with van der Waals surface area (Å²) >= 11 is 1.39. The lowest BCUT2D eigenvalue weighted by molar-refractivity contribution is -0.130. The highest BCUT2D eigenvalue weighted by Gasteiger charge is 2.36. The average Bonchev–Trinajstić information content (AvgIpc) is 3.26. The van der Waals surface area contributed by atoms with E-state index in [9.17, 15) is 4.79 Å². The first kappa shape index (κ1) is 18.4. The zero-order valence-electron chi connectivity index (χ0n) is 16.5. The third-order valence-corrected chi connectivity index (χ3v) is 6.49. The minimum Gasteiger partial charge on any atom is -0.467 e. The molecule has 1 fully saturated rings. The Morgan fingerprint density at radius 3 is 2.90 bits per heavy atom. The first-order chi connectivity index (χ1) is 15.3. The lowest BCUT2D eigenvalue weighted by Gasteiger charge is -2.19. The Balaban J connectivity index is 1.26. The predicted octanol–water partition coefficient (Wildman–Crippen LogP) is 4.42. The van der Waals surface area contributed by atoms with Gasteiger partial charge in [0.05, 0.1) is 12.0 Å². The van der Waals surface area contributed by atoms with Crippen LogP contribution < -0.4 is 0 Å². The van der Waals surface area contributed by atoms with Gasteiger partial charge in [-0.05, 0) is 37.1 Å². The van der Waals surface area contributed by atoms with Crippen LogP contribution in [0.2, 0.25) is 0 Å². The molecular formula is C22H19N5O3S. The zero-order valence-corrected chi connectivity index (χ0v) is 17.4. The second kappa shape index (κ2) is 7.42. The highest BCUT2D eigenvalue weighted by molar-refractivity contribution is 7.99. The maximum Gasteiger partial charge on any atom is 0.253 e. The van der Waals surface area contributed by atoms with Gasteiger partial charge in [0.1, 0.15) is 29.4 Å². The Morgan fingerprint density at radius 2 is 2.10 bits per heavy atom. The Bertz CT molecular complexity index is 1240. The van der Waals surface area contributed by atoms with Crippen LogP contribution in [0.1, 0.15) is 42.9 Å². The monoisotopic (exact) mass is 433 g/mol. The number of para-hydroxylation sites is 1. The molecular weight excluding hydrogens is 414 g/mol. The number of carbonyl (C=O) groups excluding carboxylic acids is 1. The number of furan rings is 2. The molecule has 8 nitrogen and oxygen atoms in total. The third kappa shape index (κ3) is 3.44. The Labute approximate surface area is 181 Å². The number of aromatic nitrogens is 3. The standard InChI is InChI=1S/C22H19N5O3S/c28-21(12-31-22-24-23-13-26(22)15-7-8-15)27-17(19-6-3-9-29-19)11-16(25-27)20-10-14-4-1-2-5-18(14)30-20/h1-6,9-10,13,15,17H,7-8,11-12H2. The second-order valence-electron chi connectivity index (χ2n) is 7.71. The summed E-state index contributed by atoms with van der Waals surface area (Å²) in [6.07, 6.45) is 6.16. The molecule has 0 spiro atoms. The van der Waals surface area contributed by atoms with Crippen molar-refractivity contribution in [2.24, 2.45) is 5.10 Å². The molecule has 4 heterocycles. The van der Waals surface area contributed by atoms with E-state index in [1.807, 2.05) is 42.5 Å². The molecule has 2 aliphatic rings. The molecule has 1 aliphatic heterocycles. The van der Waals surface area contributed by atoms with Gasteiger partial charge in [-0.3, -0.25) is 4.79 Å². The minimum absolute atomic E-state index is 0.108. The van der Waals surface area contributed by atoms with Crippen molar-refractivity contribution in [3.63, 3.8) is 0 Å². The van der Waals surface area contributed by atoms with Gasteiger partial charge in [-0.1, -0.05) is 30.0 Å². The van der Waals surface area contributed by atoms with Crippen molar-refractivity contribution in [3.8, 4) is 0 Å². The number of carbonyl (C=O) groups is 1. The highest BCUT2D eigenvalue weighted by Crippen LogP contribution is 2.38. The van der Waals surface area contributed by atoms with Crippen molar-refractivity contribution in [2.45, 2.75) is 36.5 Å². The van der Waals surface area contributed by atoms with E-state index in [-0.39, 0.29) is 17.7 Å². The average molecular weight is 433 g/mol. The molecule has 6 rings (SSSR count). The van der Waals surface area contributed by atoms with Gasteiger partial charge in [0, 0.05) is 17.8 Å². The lowest BCUT2D eigenvalue weighted by Crippen LogP contribution is -2.28. The lowest BCUT2D eigenvalue weighted by atomic mass is 10.1.